The molecule has 1 rings (SSSR count). The topological polar surface area (TPSA) is 21.6 Å². The summed E-state index contributed by atoms with van der Waals surface area (Å²) in [6.07, 6.45) is 5.08. The van der Waals surface area contributed by atoms with Crippen molar-refractivity contribution < 1.29 is 4.74 Å². The molecule has 1 heterocycles. The van der Waals surface area contributed by atoms with Crippen LogP contribution in [0, 0.1) is 0 Å². The van der Waals surface area contributed by atoms with Crippen LogP contribution in [0.4, 0.5) is 0 Å². The number of allylic oxidation sites excluding steroid dienone is 1. The summed E-state index contributed by atoms with van der Waals surface area (Å²) in [7, 11) is 0. The molecule has 2 nitrogen and oxygen atoms in total. The van der Waals surface area contributed by atoms with Crippen LogP contribution >= 0.6 is 0 Å². The quantitative estimate of drug-likeness (QED) is 0.467. The fourth-order valence-electron chi connectivity index (χ4n) is 0.281. The van der Waals surface area contributed by atoms with Crippen LogP contribution in [0.2, 0.25) is 0 Å². The number of ether oxygens (including phenoxy) is 1. The van der Waals surface area contributed by atoms with Crippen LogP contribution in [-0.2, 0) is 4.74 Å². The van der Waals surface area contributed by atoms with Gasteiger partial charge in [-0.25, -0.2) is 0 Å². The molecule has 0 unspecified atom stereocenters. The molecule has 0 amide bonds. The molecule has 0 saturated heterocycles. The van der Waals surface area contributed by atoms with Crippen molar-refractivity contribution in [2.45, 2.75) is 13.8 Å². The van der Waals surface area contributed by atoms with E-state index in [1.807, 2.05) is 13.8 Å². The highest BCUT2D eigenvalue weighted by Crippen LogP contribution is 1.81. The van der Waals surface area contributed by atoms with Gasteiger partial charge in [0.2, 0.25) is 0 Å². The zero-order valence-electron chi connectivity index (χ0n) is 5.29. The van der Waals surface area contributed by atoms with Crippen LogP contribution < -0.4 is 0 Å². The fraction of sp³-hybridized carbons (Fsp3) is 0.500. The van der Waals surface area contributed by atoms with Crippen molar-refractivity contribution in [3.05, 3.63) is 12.3 Å². The Labute approximate surface area is 49.9 Å². The van der Waals surface area contributed by atoms with Crippen molar-refractivity contribution in [2.75, 3.05) is 6.73 Å². The SMILES string of the molecule is C1=COCN=C1.CC. The summed E-state index contributed by atoms with van der Waals surface area (Å²) in [5.74, 6) is 0. The van der Waals surface area contributed by atoms with Gasteiger partial charge in [0.1, 0.15) is 0 Å². The van der Waals surface area contributed by atoms with E-state index in [0.717, 1.165) is 0 Å². The lowest BCUT2D eigenvalue weighted by Crippen LogP contribution is -1.86. The molecule has 0 aromatic rings. The Morgan fingerprint density at radius 1 is 1.50 bits per heavy atom. The van der Waals surface area contributed by atoms with Gasteiger partial charge in [-0.05, 0) is 6.08 Å². The molecule has 0 radical (unpaired) electrons. The van der Waals surface area contributed by atoms with E-state index in [1.165, 1.54) is 0 Å². The number of aliphatic imine (C=N–C) groups is 1. The summed E-state index contributed by atoms with van der Waals surface area (Å²) in [4.78, 5) is 3.74. The van der Waals surface area contributed by atoms with Crippen molar-refractivity contribution in [3.63, 3.8) is 0 Å². The minimum absolute atomic E-state index is 0.483. The lowest BCUT2D eigenvalue weighted by molar-refractivity contribution is 0.259. The van der Waals surface area contributed by atoms with Gasteiger partial charge in [0, 0.05) is 6.21 Å². The first-order chi connectivity index (χ1) is 4.00. The third kappa shape index (κ3) is 3.40. The second-order valence-electron chi connectivity index (χ2n) is 0.956. The molecule has 0 saturated carbocycles. The summed E-state index contributed by atoms with van der Waals surface area (Å²) in [6.45, 7) is 4.48. The summed E-state index contributed by atoms with van der Waals surface area (Å²) in [5.41, 5.74) is 0. The molecular weight excluding hydrogens is 102 g/mol. The van der Waals surface area contributed by atoms with E-state index >= 15 is 0 Å². The molecule has 0 aromatic carbocycles. The van der Waals surface area contributed by atoms with Crippen molar-refractivity contribution in [3.8, 4) is 0 Å². The Kier molecular flexibility index (Phi) is 5.60. The van der Waals surface area contributed by atoms with Crippen LogP contribution in [0.25, 0.3) is 0 Å². The minimum atomic E-state index is 0.483. The molecule has 8 heavy (non-hydrogen) atoms. The lowest BCUT2D eigenvalue weighted by atomic mass is 10.7. The van der Waals surface area contributed by atoms with Gasteiger partial charge in [-0.2, -0.15) is 0 Å². The number of nitrogens with zero attached hydrogens (tertiary/aromatic N) is 1. The second-order valence-corrected chi connectivity index (χ2v) is 0.956. The fourth-order valence-corrected chi connectivity index (χ4v) is 0.281. The summed E-state index contributed by atoms with van der Waals surface area (Å²) in [5, 5.41) is 0. The highest BCUT2D eigenvalue weighted by atomic mass is 16.5. The third-order valence-corrected chi connectivity index (χ3v) is 0.515. The average Bonchev–Trinajstić information content (AvgIpc) is 1.96. The van der Waals surface area contributed by atoms with Gasteiger partial charge in [0.05, 0.1) is 6.26 Å². The van der Waals surface area contributed by atoms with Crippen LogP contribution in [0.1, 0.15) is 13.8 Å². The minimum Gasteiger partial charge on any atom is -0.479 e. The molecule has 1 aliphatic heterocycles. The van der Waals surface area contributed by atoms with E-state index in [1.54, 1.807) is 18.6 Å². The van der Waals surface area contributed by atoms with Crippen molar-refractivity contribution in [1.29, 1.82) is 0 Å². The molecule has 0 spiro atoms. The normalized spacial score (nSPS) is 13.8. The summed E-state index contributed by atoms with van der Waals surface area (Å²) < 4.78 is 4.69. The van der Waals surface area contributed by atoms with Gasteiger partial charge in [0.25, 0.3) is 0 Å². The standard InChI is InChI=1S/C4H5NO.C2H6/c1-2-5-4-6-3-1;1-2/h1-3H,4H2;1-2H3. The van der Waals surface area contributed by atoms with E-state index in [9.17, 15) is 0 Å². The van der Waals surface area contributed by atoms with Gasteiger partial charge >= 0.3 is 0 Å². The smallest absolute Gasteiger partial charge is 0.178 e. The Balaban J connectivity index is 0.000000222. The van der Waals surface area contributed by atoms with Crippen molar-refractivity contribution in [2.24, 2.45) is 4.99 Å². The molecule has 0 aliphatic carbocycles. The maximum atomic E-state index is 4.69. The molecule has 0 aromatic heterocycles. The van der Waals surface area contributed by atoms with Gasteiger partial charge in [0.15, 0.2) is 6.73 Å². The Hall–Kier alpha value is -0.790. The van der Waals surface area contributed by atoms with Gasteiger partial charge in [-0.15, -0.1) is 0 Å². The Bertz CT molecular complexity index is 74.5. The first-order valence-corrected chi connectivity index (χ1v) is 2.77. The monoisotopic (exact) mass is 113 g/mol. The van der Waals surface area contributed by atoms with E-state index in [2.05, 4.69) is 4.99 Å². The van der Waals surface area contributed by atoms with Crippen LogP contribution in [0.3, 0.4) is 0 Å². The highest BCUT2D eigenvalue weighted by molar-refractivity contribution is 5.70. The van der Waals surface area contributed by atoms with Crippen LogP contribution in [-0.4, -0.2) is 12.9 Å². The summed E-state index contributed by atoms with van der Waals surface area (Å²) >= 11 is 0. The zero-order chi connectivity index (χ0) is 6.24. The van der Waals surface area contributed by atoms with E-state index < -0.39 is 0 Å². The molecular formula is C6H11NO. The predicted octanol–water partition coefficient (Wildman–Crippen LogP) is 1.58. The molecule has 0 N–H and O–H groups in total. The van der Waals surface area contributed by atoms with Crippen molar-refractivity contribution >= 4 is 6.21 Å². The molecule has 0 fully saturated rings. The van der Waals surface area contributed by atoms with Crippen LogP contribution in [0.15, 0.2) is 17.3 Å². The molecule has 0 bridgehead atoms. The van der Waals surface area contributed by atoms with Crippen LogP contribution in [0.5, 0.6) is 0 Å². The zero-order valence-corrected chi connectivity index (χ0v) is 5.29. The summed E-state index contributed by atoms with van der Waals surface area (Å²) in [6, 6.07) is 0. The lowest BCUT2D eigenvalue weighted by Gasteiger charge is -1.94. The first kappa shape index (κ1) is 7.21. The predicted molar refractivity (Wildman–Crippen MR) is 34.9 cm³/mol. The number of rotatable bonds is 0. The molecule has 2 heteroatoms. The largest absolute Gasteiger partial charge is 0.479 e. The van der Waals surface area contributed by atoms with E-state index in [4.69, 9.17) is 4.74 Å². The number of hydrogen-bond donors (Lipinski definition) is 0. The van der Waals surface area contributed by atoms with Gasteiger partial charge in [-0.3, -0.25) is 4.99 Å². The third-order valence-electron chi connectivity index (χ3n) is 0.515. The van der Waals surface area contributed by atoms with Gasteiger partial charge in [-0.1, -0.05) is 13.8 Å². The van der Waals surface area contributed by atoms with Gasteiger partial charge < -0.3 is 4.74 Å². The number of hydrogen-bond acceptors (Lipinski definition) is 2. The maximum absolute atomic E-state index is 4.69. The molecule has 0 atom stereocenters. The molecule has 1 aliphatic rings. The average molecular weight is 113 g/mol. The first-order valence-electron chi connectivity index (χ1n) is 2.77. The second kappa shape index (κ2) is 6.21. The molecule has 46 valence electrons. The van der Waals surface area contributed by atoms with E-state index in [0.29, 0.717) is 6.73 Å². The van der Waals surface area contributed by atoms with Crippen molar-refractivity contribution in [1.82, 2.24) is 0 Å². The Morgan fingerprint density at radius 2 is 2.25 bits per heavy atom. The Morgan fingerprint density at radius 3 is 2.38 bits per heavy atom. The van der Waals surface area contributed by atoms with E-state index in [-0.39, 0.29) is 0 Å². The highest BCUT2D eigenvalue weighted by Gasteiger charge is 1.75. The maximum Gasteiger partial charge on any atom is 0.178 e.